The molecule has 1 amide bonds. The van der Waals surface area contributed by atoms with E-state index in [9.17, 15) is 4.79 Å². The van der Waals surface area contributed by atoms with Crippen LogP contribution >= 0.6 is 11.5 Å². The van der Waals surface area contributed by atoms with Crippen LogP contribution < -0.4 is 11.5 Å². The van der Waals surface area contributed by atoms with Gasteiger partial charge in [0.2, 0.25) is 5.95 Å². The van der Waals surface area contributed by atoms with E-state index < -0.39 is 0 Å². The highest BCUT2D eigenvalue weighted by Gasteiger charge is 2.25. The maximum atomic E-state index is 12.7. The average molecular weight is 327 g/mol. The topological polar surface area (TPSA) is 124 Å². The lowest BCUT2D eigenvalue weighted by Crippen LogP contribution is -2.37. The fraction of sp³-hybridized carbons (Fsp3) is 0.214. The molecular formula is C14H13N7OS. The molecule has 2 aromatic heterocycles. The standard InChI is InChI=1S/C14H13N7OS/c15-12-8-6-21(4-3-9(8)17-14(16)18-12)13(22)7-1-2-11-10(5-7)19-20-23-11/h1-2,5H,3-4,6H2,(H4,15,16,17,18). The van der Waals surface area contributed by atoms with Crippen LogP contribution in [0.15, 0.2) is 18.2 Å². The number of fused-ring (bicyclic) bond motifs is 2. The van der Waals surface area contributed by atoms with E-state index in [0.29, 0.717) is 30.9 Å². The lowest BCUT2D eigenvalue weighted by atomic mass is 10.0. The van der Waals surface area contributed by atoms with Gasteiger partial charge < -0.3 is 16.4 Å². The van der Waals surface area contributed by atoms with Crippen LogP contribution in [0.3, 0.4) is 0 Å². The minimum atomic E-state index is -0.0678. The number of carbonyl (C=O) groups is 1. The summed E-state index contributed by atoms with van der Waals surface area (Å²) in [6.45, 7) is 0.947. The molecule has 0 unspecified atom stereocenters. The average Bonchev–Trinajstić information content (AvgIpc) is 3.01. The Balaban J connectivity index is 1.64. The van der Waals surface area contributed by atoms with E-state index in [0.717, 1.165) is 21.5 Å². The minimum Gasteiger partial charge on any atom is -0.383 e. The number of amides is 1. The zero-order valence-corrected chi connectivity index (χ0v) is 12.9. The summed E-state index contributed by atoms with van der Waals surface area (Å²) in [4.78, 5) is 22.6. The second kappa shape index (κ2) is 5.13. The fourth-order valence-electron chi connectivity index (χ4n) is 2.73. The molecule has 0 spiro atoms. The maximum absolute atomic E-state index is 12.7. The predicted molar refractivity (Wildman–Crippen MR) is 86.7 cm³/mol. The van der Waals surface area contributed by atoms with Crippen LogP contribution in [0.1, 0.15) is 21.6 Å². The highest BCUT2D eigenvalue weighted by molar-refractivity contribution is 7.12. The Morgan fingerprint density at radius 2 is 2.13 bits per heavy atom. The Morgan fingerprint density at radius 1 is 1.26 bits per heavy atom. The van der Waals surface area contributed by atoms with E-state index in [1.807, 2.05) is 6.07 Å². The molecule has 1 aromatic carbocycles. The zero-order valence-electron chi connectivity index (χ0n) is 12.1. The van der Waals surface area contributed by atoms with Crippen molar-refractivity contribution in [3.63, 3.8) is 0 Å². The van der Waals surface area contributed by atoms with Gasteiger partial charge in [0, 0.05) is 24.1 Å². The van der Waals surface area contributed by atoms with Gasteiger partial charge in [-0.15, -0.1) is 5.10 Å². The normalized spacial score (nSPS) is 14.0. The summed E-state index contributed by atoms with van der Waals surface area (Å²) in [5.74, 6) is 0.438. The van der Waals surface area contributed by atoms with Gasteiger partial charge in [-0.05, 0) is 29.7 Å². The number of nitrogens with zero attached hydrogens (tertiary/aromatic N) is 5. The number of nitrogens with two attached hydrogens (primary N) is 2. The highest BCUT2D eigenvalue weighted by atomic mass is 32.1. The molecule has 1 aliphatic rings. The van der Waals surface area contributed by atoms with Gasteiger partial charge in [0.25, 0.3) is 5.91 Å². The summed E-state index contributed by atoms with van der Waals surface area (Å²) in [5.41, 5.74) is 14.4. The van der Waals surface area contributed by atoms with Gasteiger partial charge in [0.15, 0.2) is 0 Å². The maximum Gasteiger partial charge on any atom is 0.254 e. The van der Waals surface area contributed by atoms with Crippen LogP contribution in [0.4, 0.5) is 11.8 Å². The molecule has 0 fully saturated rings. The van der Waals surface area contributed by atoms with Gasteiger partial charge in [-0.2, -0.15) is 4.98 Å². The molecule has 4 N–H and O–H groups in total. The highest BCUT2D eigenvalue weighted by Crippen LogP contribution is 2.24. The van der Waals surface area contributed by atoms with Crippen molar-refractivity contribution < 1.29 is 4.79 Å². The van der Waals surface area contributed by atoms with E-state index in [1.54, 1.807) is 17.0 Å². The Labute approximate surface area is 135 Å². The van der Waals surface area contributed by atoms with E-state index in [1.165, 1.54) is 11.5 Å². The van der Waals surface area contributed by atoms with Crippen molar-refractivity contribution in [3.05, 3.63) is 35.0 Å². The van der Waals surface area contributed by atoms with Gasteiger partial charge in [-0.3, -0.25) is 4.79 Å². The predicted octanol–water partition coefficient (Wildman–Crippen LogP) is 0.844. The third-order valence-electron chi connectivity index (χ3n) is 3.89. The molecule has 9 heteroatoms. The second-order valence-corrected chi connectivity index (χ2v) is 6.11. The number of carbonyl (C=O) groups excluding carboxylic acids is 1. The lowest BCUT2D eigenvalue weighted by Gasteiger charge is -2.28. The van der Waals surface area contributed by atoms with Crippen molar-refractivity contribution in [2.75, 3.05) is 18.0 Å². The largest absolute Gasteiger partial charge is 0.383 e. The van der Waals surface area contributed by atoms with E-state index in [2.05, 4.69) is 19.6 Å². The second-order valence-electron chi connectivity index (χ2n) is 5.32. The summed E-state index contributed by atoms with van der Waals surface area (Å²) in [6, 6.07) is 5.42. The first-order valence-electron chi connectivity index (χ1n) is 7.04. The van der Waals surface area contributed by atoms with Gasteiger partial charge >= 0.3 is 0 Å². The van der Waals surface area contributed by atoms with E-state index in [4.69, 9.17) is 11.5 Å². The van der Waals surface area contributed by atoms with Crippen molar-refractivity contribution in [2.24, 2.45) is 0 Å². The molecule has 0 bridgehead atoms. The molecule has 0 aliphatic carbocycles. The van der Waals surface area contributed by atoms with Gasteiger partial charge in [0.1, 0.15) is 11.3 Å². The molecule has 116 valence electrons. The zero-order chi connectivity index (χ0) is 16.0. The molecule has 0 radical (unpaired) electrons. The molecule has 1 aliphatic heterocycles. The van der Waals surface area contributed by atoms with Crippen LogP contribution in [0.25, 0.3) is 10.2 Å². The first-order valence-corrected chi connectivity index (χ1v) is 7.81. The Kier molecular flexibility index (Phi) is 3.08. The third-order valence-corrected chi connectivity index (χ3v) is 4.60. The van der Waals surface area contributed by atoms with Crippen LogP contribution in [-0.4, -0.2) is 36.9 Å². The number of rotatable bonds is 1. The monoisotopic (exact) mass is 327 g/mol. The van der Waals surface area contributed by atoms with Crippen LogP contribution in [0, 0.1) is 0 Å². The van der Waals surface area contributed by atoms with Gasteiger partial charge in [-0.25, -0.2) is 4.98 Å². The van der Waals surface area contributed by atoms with Crippen LogP contribution in [0.2, 0.25) is 0 Å². The SMILES string of the molecule is Nc1nc(N)c2c(n1)CCN(C(=O)c1ccc3snnc3c1)C2. The van der Waals surface area contributed by atoms with E-state index >= 15 is 0 Å². The smallest absolute Gasteiger partial charge is 0.254 e. The summed E-state index contributed by atoms with van der Waals surface area (Å²) >= 11 is 1.31. The third kappa shape index (κ3) is 2.34. The van der Waals surface area contributed by atoms with Crippen LogP contribution in [0.5, 0.6) is 0 Å². The molecule has 3 heterocycles. The molecule has 0 saturated heterocycles. The summed E-state index contributed by atoms with van der Waals surface area (Å²) < 4.78 is 4.84. The summed E-state index contributed by atoms with van der Waals surface area (Å²) in [7, 11) is 0. The number of aromatic nitrogens is 4. The van der Waals surface area contributed by atoms with E-state index in [-0.39, 0.29) is 11.9 Å². The summed E-state index contributed by atoms with van der Waals surface area (Å²) in [5, 5.41) is 4.01. The Hall–Kier alpha value is -2.81. The number of anilines is 2. The molecule has 8 nitrogen and oxygen atoms in total. The molecule has 4 rings (SSSR count). The Morgan fingerprint density at radius 3 is 3.00 bits per heavy atom. The molecule has 23 heavy (non-hydrogen) atoms. The molecule has 0 atom stereocenters. The fourth-order valence-corrected chi connectivity index (χ4v) is 3.27. The van der Waals surface area contributed by atoms with Crippen molar-refractivity contribution >= 4 is 39.4 Å². The van der Waals surface area contributed by atoms with Crippen molar-refractivity contribution in [1.82, 2.24) is 24.5 Å². The minimum absolute atomic E-state index is 0.0678. The quantitative estimate of drug-likeness (QED) is 0.678. The lowest BCUT2D eigenvalue weighted by molar-refractivity contribution is 0.0734. The molecule has 3 aromatic rings. The van der Waals surface area contributed by atoms with Crippen molar-refractivity contribution in [3.8, 4) is 0 Å². The van der Waals surface area contributed by atoms with Crippen molar-refractivity contribution in [2.45, 2.75) is 13.0 Å². The number of hydrogen-bond donors (Lipinski definition) is 2. The first kappa shape index (κ1) is 13.8. The van der Waals surface area contributed by atoms with Crippen molar-refractivity contribution in [1.29, 1.82) is 0 Å². The number of benzene rings is 1. The first-order chi connectivity index (χ1) is 11.1. The van der Waals surface area contributed by atoms with Crippen LogP contribution in [-0.2, 0) is 13.0 Å². The van der Waals surface area contributed by atoms with Gasteiger partial charge in [-0.1, -0.05) is 4.49 Å². The number of nitrogen functional groups attached to an aromatic ring is 2. The molecular weight excluding hydrogens is 314 g/mol. The number of hydrogen-bond acceptors (Lipinski definition) is 8. The molecule has 0 saturated carbocycles. The summed E-state index contributed by atoms with van der Waals surface area (Å²) in [6.07, 6.45) is 0.610. The van der Waals surface area contributed by atoms with Gasteiger partial charge in [0.05, 0.1) is 16.9 Å². The Bertz CT molecular complexity index is 923.